The normalized spacial score (nSPS) is 19.6. The summed E-state index contributed by atoms with van der Waals surface area (Å²) in [4.78, 5) is 18.6. The predicted molar refractivity (Wildman–Crippen MR) is 106 cm³/mol. The summed E-state index contributed by atoms with van der Waals surface area (Å²) in [5.41, 5.74) is 2.04. The average Bonchev–Trinajstić information content (AvgIpc) is 2.71. The number of aryl methyl sites for hydroxylation is 1. The number of aliphatic hydroxyl groups is 1. The summed E-state index contributed by atoms with van der Waals surface area (Å²) >= 11 is 0. The Kier molecular flexibility index (Phi) is 4.88. The Bertz CT molecular complexity index is 1020. The third-order valence-electron chi connectivity index (χ3n) is 5.11. The maximum absolute atomic E-state index is 12.7. The molecule has 2 atom stereocenters. The van der Waals surface area contributed by atoms with Gasteiger partial charge in [-0.1, -0.05) is 6.07 Å². The van der Waals surface area contributed by atoms with Crippen molar-refractivity contribution in [3.63, 3.8) is 0 Å². The lowest BCUT2D eigenvalue weighted by Gasteiger charge is -2.36. The van der Waals surface area contributed by atoms with Gasteiger partial charge in [-0.05, 0) is 55.0 Å². The second-order valence-corrected chi connectivity index (χ2v) is 7.12. The summed E-state index contributed by atoms with van der Waals surface area (Å²) in [6.07, 6.45) is 1.13. The summed E-state index contributed by atoms with van der Waals surface area (Å²) in [6.45, 7) is 2.45. The van der Waals surface area contributed by atoms with Crippen molar-refractivity contribution in [1.82, 2.24) is 9.88 Å². The molecule has 1 aliphatic heterocycles. The van der Waals surface area contributed by atoms with Crippen molar-refractivity contribution in [2.45, 2.75) is 25.6 Å². The minimum Gasteiger partial charge on any atom is -0.508 e. The Morgan fingerprint density at radius 3 is 2.86 bits per heavy atom. The number of carbonyl (C=O) groups excluding carboxylic acids is 1. The van der Waals surface area contributed by atoms with E-state index in [0.29, 0.717) is 29.8 Å². The summed E-state index contributed by atoms with van der Waals surface area (Å²) in [5.74, 6) is 0.685. The van der Waals surface area contributed by atoms with Crippen LogP contribution in [0.1, 0.15) is 22.3 Å². The molecule has 2 heterocycles. The molecule has 1 aliphatic rings. The molecule has 1 amide bonds. The van der Waals surface area contributed by atoms with Crippen molar-refractivity contribution >= 4 is 16.8 Å². The number of rotatable bonds is 3. The van der Waals surface area contributed by atoms with Gasteiger partial charge in [-0.15, -0.1) is 0 Å². The third kappa shape index (κ3) is 3.64. The summed E-state index contributed by atoms with van der Waals surface area (Å²) in [6, 6.07) is 14.3. The van der Waals surface area contributed by atoms with Gasteiger partial charge in [0.2, 0.25) is 0 Å². The monoisotopic (exact) mass is 378 g/mol. The second kappa shape index (κ2) is 7.48. The highest BCUT2D eigenvalue weighted by atomic mass is 16.5. The van der Waals surface area contributed by atoms with Crippen molar-refractivity contribution in [1.29, 1.82) is 0 Å². The number of likely N-dealkylation sites (tertiary alicyclic amines) is 1. The molecule has 6 nitrogen and oxygen atoms in total. The number of ether oxygens (including phenoxy) is 1. The molecule has 1 aromatic heterocycles. The van der Waals surface area contributed by atoms with Crippen LogP contribution in [0.25, 0.3) is 10.9 Å². The average molecular weight is 378 g/mol. The van der Waals surface area contributed by atoms with Crippen molar-refractivity contribution in [3.8, 4) is 11.5 Å². The van der Waals surface area contributed by atoms with E-state index in [9.17, 15) is 15.0 Å². The lowest BCUT2D eigenvalue weighted by molar-refractivity contribution is -0.0198. The Morgan fingerprint density at radius 2 is 2.07 bits per heavy atom. The van der Waals surface area contributed by atoms with E-state index < -0.39 is 6.10 Å². The summed E-state index contributed by atoms with van der Waals surface area (Å²) in [5, 5.41) is 21.1. The maximum atomic E-state index is 12.7. The van der Waals surface area contributed by atoms with Crippen LogP contribution in [0.15, 0.2) is 54.7 Å². The van der Waals surface area contributed by atoms with Gasteiger partial charge in [0.1, 0.15) is 23.7 Å². The number of carbonyl (C=O) groups is 1. The maximum Gasteiger partial charge on any atom is 0.253 e. The van der Waals surface area contributed by atoms with E-state index in [4.69, 9.17) is 4.74 Å². The van der Waals surface area contributed by atoms with Crippen LogP contribution in [0.4, 0.5) is 0 Å². The topological polar surface area (TPSA) is 82.9 Å². The van der Waals surface area contributed by atoms with Gasteiger partial charge >= 0.3 is 0 Å². The molecule has 0 radical (unpaired) electrons. The predicted octanol–water partition coefficient (Wildman–Crippen LogP) is 2.90. The van der Waals surface area contributed by atoms with Crippen LogP contribution >= 0.6 is 0 Å². The summed E-state index contributed by atoms with van der Waals surface area (Å²) < 4.78 is 6.00. The smallest absolute Gasteiger partial charge is 0.253 e. The van der Waals surface area contributed by atoms with Gasteiger partial charge in [-0.2, -0.15) is 0 Å². The SMILES string of the molecule is Cc1cc(C(=O)N2CC[C@@H](Oc3ccc4ncccc4c3)[C@H](O)C2)ccc1O. The molecule has 1 fully saturated rings. The highest BCUT2D eigenvalue weighted by Crippen LogP contribution is 2.25. The zero-order valence-corrected chi connectivity index (χ0v) is 15.6. The molecule has 0 spiro atoms. The third-order valence-corrected chi connectivity index (χ3v) is 5.11. The molecule has 4 rings (SSSR count). The van der Waals surface area contributed by atoms with Crippen LogP contribution in [0.3, 0.4) is 0 Å². The number of nitrogens with zero attached hydrogens (tertiary/aromatic N) is 2. The van der Waals surface area contributed by atoms with E-state index >= 15 is 0 Å². The first-order valence-corrected chi connectivity index (χ1v) is 9.29. The van der Waals surface area contributed by atoms with Gasteiger partial charge in [0.05, 0.1) is 12.1 Å². The van der Waals surface area contributed by atoms with Crippen LogP contribution in [0, 0.1) is 6.92 Å². The van der Waals surface area contributed by atoms with Gasteiger partial charge in [0.25, 0.3) is 5.91 Å². The van der Waals surface area contributed by atoms with E-state index in [-0.39, 0.29) is 24.3 Å². The highest BCUT2D eigenvalue weighted by Gasteiger charge is 2.32. The molecular formula is C22H22N2O4. The number of amides is 1. The van der Waals surface area contributed by atoms with Crippen molar-refractivity contribution < 1.29 is 19.7 Å². The number of aromatic nitrogens is 1. The number of β-amino-alcohol motifs (C(OH)–C–C–N with tert-alkyl or cyclic N) is 1. The molecule has 144 valence electrons. The molecule has 0 bridgehead atoms. The Labute approximate surface area is 163 Å². The first-order chi connectivity index (χ1) is 13.5. The lowest BCUT2D eigenvalue weighted by atomic mass is 10.0. The minimum absolute atomic E-state index is 0.155. The summed E-state index contributed by atoms with van der Waals surface area (Å²) in [7, 11) is 0. The first-order valence-electron chi connectivity index (χ1n) is 9.29. The Hall–Kier alpha value is -3.12. The van der Waals surface area contributed by atoms with Crippen LogP contribution < -0.4 is 4.74 Å². The van der Waals surface area contributed by atoms with E-state index in [2.05, 4.69) is 4.98 Å². The fourth-order valence-electron chi connectivity index (χ4n) is 3.50. The number of phenols is 1. The van der Waals surface area contributed by atoms with Crippen molar-refractivity contribution in [2.75, 3.05) is 13.1 Å². The first kappa shape index (κ1) is 18.3. The number of phenolic OH excluding ortho intramolecular Hbond substituents is 1. The fraction of sp³-hybridized carbons (Fsp3) is 0.273. The van der Waals surface area contributed by atoms with Gasteiger partial charge < -0.3 is 19.8 Å². The van der Waals surface area contributed by atoms with E-state index in [1.165, 1.54) is 6.07 Å². The van der Waals surface area contributed by atoms with Gasteiger partial charge in [-0.25, -0.2) is 0 Å². The van der Waals surface area contributed by atoms with Gasteiger partial charge in [0.15, 0.2) is 0 Å². The fourth-order valence-corrected chi connectivity index (χ4v) is 3.50. The zero-order valence-electron chi connectivity index (χ0n) is 15.6. The van der Waals surface area contributed by atoms with Crippen LogP contribution in [0.2, 0.25) is 0 Å². The number of fused-ring (bicyclic) bond motifs is 1. The molecule has 0 unspecified atom stereocenters. The number of aliphatic hydroxyl groups excluding tert-OH is 1. The Balaban J connectivity index is 1.43. The Morgan fingerprint density at radius 1 is 1.21 bits per heavy atom. The number of benzene rings is 2. The molecule has 2 N–H and O–H groups in total. The zero-order chi connectivity index (χ0) is 19.7. The molecule has 1 saturated heterocycles. The second-order valence-electron chi connectivity index (χ2n) is 7.12. The van der Waals surface area contributed by atoms with Gasteiger partial charge in [-0.3, -0.25) is 9.78 Å². The molecule has 0 saturated carbocycles. The lowest BCUT2D eigenvalue weighted by Crippen LogP contribution is -2.51. The minimum atomic E-state index is -0.777. The van der Waals surface area contributed by atoms with Crippen molar-refractivity contribution in [3.05, 3.63) is 65.9 Å². The quantitative estimate of drug-likeness (QED) is 0.732. The number of piperidine rings is 1. The van der Waals surface area contributed by atoms with Crippen LogP contribution in [0.5, 0.6) is 11.5 Å². The molecular weight excluding hydrogens is 356 g/mol. The number of aromatic hydroxyl groups is 1. The van der Waals surface area contributed by atoms with E-state index in [1.807, 2.05) is 30.3 Å². The van der Waals surface area contributed by atoms with Gasteiger partial charge in [0, 0.05) is 30.1 Å². The molecule has 0 aliphatic carbocycles. The molecule has 6 heteroatoms. The standard InChI is InChI=1S/C22H22N2O4/c1-14-11-16(4-7-19(14)25)22(27)24-10-8-21(20(26)13-24)28-17-5-6-18-15(12-17)3-2-9-23-18/h2-7,9,11-12,20-21,25-26H,8,10,13H2,1H3/t20-,21-/m1/s1. The molecule has 3 aromatic rings. The van der Waals surface area contributed by atoms with Crippen LogP contribution in [-0.4, -0.2) is 51.3 Å². The number of hydrogen-bond acceptors (Lipinski definition) is 5. The highest BCUT2D eigenvalue weighted by molar-refractivity contribution is 5.94. The van der Waals surface area contributed by atoms with E-state index in [1.54, 1.807) is 30.2 Å². The van der Waals surface area contributed by atoms with E-state index in [0.717, 1.165) is 10.9 Å². The van der Waals surface area contributed by atoms with Crippen molar-refractivity contribution in [2.24, 2.45) is 0 Å². The molecule has 28 heavy (non-hydrogen) atoms. The van der Waals surface area contributed by atoms with Crippen LogP contribution in [-0.2, 0) is 0 Å². The largest absolute Gasteiger partial charge is 0.508 e. The number of hydrogen-bond donors (Lipinski definition) is 2. The molecule has 2 aromatic carbocycles. The number of pyridine rings is 1.